The highest BCUT2D eigenvalue weighted by Crippen LogP contribution is 2.18. The van der Waals surface area contributed by atoms with Crippen LogP contribution in [-0.2, 0) is 0 Å². The molecule has 1 aromatic rings. The normalized spacial score (nSPS) is 10.3. The fourth-order valence-electron chi connectivity index (χ4n) is 1.61. The number of hydrogen-bond donors (Lipinski definition) is 0. The van der Waals surface area contributed by atoms with Crippen molar-refractivity contribution in [2.24, 2.45) is 0 Å². The standard InChI is InChI=1S/C13H17BrO/c1-3-4-5-6-13(15)12-8-7-11(14)9-10(12)2/h7-9H,3-6H2,1-2H3. The number of benzene rings is 1. The Balaban J connectivity index is 2.65. The average molecular weight is 269 g/mol. The zero-order valence-electron chi connectivity index (χ0n) is 9.35. The average Bonchev–Trinajstić information content (AvgIpc) is 2.17. The Labute approximate surface area is 100 Å². The van der Waals surface area contributed by atoms with Gasteiger partial charge in [-0.2, -0.15) is 0 Å². The molecule has 1 nitrogen and oxygen atoms in total. The van der Waals surface area contributed by atoms with Crippen LogP contribution in [0.3, 0.4) is 0 Å². The van der Waals surface area contributed by atoms with Gasteiger partial charge in [0.05, 0.1) is 0 Å². The van der Waals surface area contributed by atoms with E-state index in [-0.39, 0.29) is 5.78 Å². The van der Waals surface area contributed by atoms with Crippen LogP contribution >= 0.6 is 15.9 Å². The summed E-state index contributed by atoms with van der Waals surface area (Å²) in [5.41, 5.74) is 1.93. The second kappa shape index (κ2) is 6.06. The first-order chi connectivity index (χ1) is 7.15. The fourth-order valence-corrected chi connectivity index (χ4v) is 2.09. The van der Waals surface area contributed by atoms with E-state index < -0.39 is 0 Å². The van der Waals surface area contributed by atoms with E-state index >= 15 is 0 Å². The van der Waals surface area contributed by atoms with Crippen molar-refractivity contribution in [1.82, 2.24) is 0 Å². The van der Waals surface area contributed by atoms with E-state index in [0.29, 0.717) is 6.42 Å². The summed E-state index contributed by atoms with van der Waals surface area (Å²) in [5, 5.41) is 0. The van der Waals surface area contributed by atoms with E-state index in [4.69, 9.17) is 0 Å². The minimum atomic E-state index is 0.272. The maximum atomic E-state index is 11.8. The van der Waals surface area contributed by atoms with E-state index in [0.717, 1.165) is 34.9 Å². The van der Waals surface area contributed by atoms with Gasteiger partial charge in [-0.3, -0.25) is 4.79 Å². The van der Waals surface area contributed by atoms with Gasteiger partial charge in [0.15, 0.2) is 5.78 Å². The minimum Gasteiger partial charge on any atom is -0.294 e. The Kier molecular flexibility index (Phi) is 5.03. The van der Waals surface area contributed by atoms with Crippen molar-refractivity contribution in [2.45, 2.75) is 39.5 Å². The van der Waals surface area contributed by atoms with Crippen molar-refractivity contribution >= 4 is 21.7 Å². The van der Waals surface area contributed by atoms with Gasteiger partial charge in [-0.05, 0) is 31.0 Å². The highest BCUT2D eigenvalue weighted by molar-refractivity contribution is 9.10. The molecule has 0 bridgehead atoms. The first-order valence-electron chi connectivity index (χ1n) is 5.44. The number of ketones is 1. The number of hydrogen-bond acceptors (Lipinski definition) is 1. The molecule has 2 heteroatoms. The number of halogens is 1. The minimum absolute atomic E-state index is 0.272. The lowest BCUT2D eigenvalue weighted by Gasteiger charge is -2.05. The van der Waals surface area contributed by atoms with Gasteiger partial charge in [-0.15, -0.1) is 0 Å². The molecule has 0 unspecified atom stereocenters. The molecule has 82 valence electrons. The number of carbonyl (C=O) groups excluding carboxylic acids is 1. The van der Waals surface area contributed by atoms with E-state index in [1.165, 1.54) is 0 Å². The number of aryl methyl sites for hydroxylation is 1. The van der Waals surface area contributed by atoms with Gasteiger partial charge in [0.1, 0.15) is 0 Å². The Morgan fingerprint density at radius 1 is 1.33 bits per heavy atom. The van der Waals surface area contributed by atoms with Crippen LogP contribution < -0.4 is 0 Å². The van der Waals surface area contributed by atoms with Gasteiger partial charge in [-0.25, -0.2) is 0 Å². The fraction of sp³-hybridized carbons (Fsp3) is 0.462. The third-order valence-electron chi connectivity index (χ3n) is 2.50. The van der Waals surface area contributed by atoms with Crippen molar-refractivity contribution in [3.63, 3.8) is 0 Å². The van der Waals surface area contributed by atoms with E-state index in [9.17, 15) is 4.79 Å². The second-order valence-corrected chi connectivity index (χ2v) is 4.76. The molecule has 0 amide bonds. The predicted octanol–water partition coefficient (Wildman–Crippen LogP) is 4.52. The summed E-state index contributed by atoms with van der Waals surface area (Å²) in [5.74, 6) is 0.272. The quantitative estimate of drug-likeness (QED) is 0.567. The summed E-state index contributed by atoms with van der Waals surface area (Å²) >= 11 is 3.40. The van der Waals surface area contributed by atoms with Crippen molar-refractivity contribution in [1.29, 1.82) is 0 Å². The lowest BCUT2D eigenvalue weighted by Crippen LogP contribution is -2.01. The molecule has 0 saturated heterocycles. The number of unbranched alkanes of at least 4 members (excludes halogenated alkanes) is 2. The lowest BCUT2D eigenvalue weighted by atomic mass is 10.0. The molecular weight excluding hydrogens is 252 g/mol. The third-order valence-corrected chi connectivity index (χ3v) is 2.99. The van der Waals surface area contributed by atoms with Crippen molar-refractivity contribution in [2.75, 3.05) is 0 Å². The highest BCUT2D eigenvalue weighted by atomic mass is 79.9. The molecule has 0 fully saturated rings. The molecule has 0 aromatic heterocycles. The molecule has 1 rings (SSSR count). The number of carbonyl (C=O) groups is 1. The molecule has 0 saturated carbocycles. The van der Waals surface area contributed by atoms with Crippen molar-refractivity contribution < 1.29 is 4.79 Å². The molecule has 0 heterocycles. The second-order valence-electron chi connectivity index (χ2n) is 3.84. The molecule has 0 spiro atoms. The maximum absolute atomic E-state index is 11.8. The Morgan fingerprint density at radius 3 is 2.67 bits per heavy atom. The first kappa shape index (κ1) is 12.4. The zero-order valence-corrected chi connectivity index (χ0v) is 10.9. The van der Waals surface area contributed by atoms with E-state index in [1.54, 1.807) is 0 Å². The Morgan fingerprint density at radius 2 is 2.07 bits per heavy atom. The van der Waals surface area contributed by atoms with Gasteiger partial charge in [0.2, 0.25) is 0 Å². The van der Waals surface area contributed by atoms with E-state index in [2.05, 4.69) is 22.9 Å². The summed E-state index contributed by atoms with van der Waals surface area (Å²) in [6.07, 6.45) is 3.98. The van der Waals surface area contributed by atoms with Crippen LogP contribution in [-0.4, -0.2) is 5.78 Å². The monoisotopic (exact) mass is 268 g/mol. The molecule has 1 aromatic carbocycles. The van der Waals surface area contributed by atoms with Gasteiger partial charge in [-0.1, -0.05) is 41.8 Å². The molecule has 0 radical (unpaired) electrons. The molecule has 0 aliphatic carbocycles. The van der Waals surface area contributed by atoms with Crippen molar-refractivity contribution in [3.05, 3.63) is 33.8 Å². The Hall–Kier alpha value is -0.630. The van der Waals surface area contributed by atoms with Crippen LogP contribution in [0.5, 0.6) is 0 Å². The van der Waals surface area contributed by atoms with E-state index in [1.807, 2.05) is 25.1 Å². The highest BCUT2D eigenvalue weighted by Gasteiger charge is 2.08. The predicted molar refractivity (Wildman–Crippen MR) is 67.4 cm³/mol. The van der Waals surface area contributed by atoms with Crippen LogP contribution in [0.1, 0.15) is 48.5 Å². The lowest BCUT2D eigenvalue weighted by molar-refractivity contribution is 0.0978. The smallest absolute Gasteiger partial charge is 0.163 e. The van der Waals surface area contributed by atoms with Gasteiger partial charge < -0.3 is 0 Å². The summed E-state index contributed by atoms with van der Waals surface area (Å²) in [7, 11) is 0. The van der Waals surface area contributed by atoms with Crippen LogP contribution in [0.2, 0.25) is 0 Å². The van der Waals surface area contributed by atoms with Crippen LogP contribution in [0.25, 0.3) is 0 Å². The molecular formula is C13H17BrO. The zero-order chi connectivity index (χ0) is 11.3. The van der Waals surface area contributed by atoms with Crippen LogP contribution in [0.15, 0.2) is 22.7 Å². The molecule has 15 heavy (non-hydrogen) atoms. The molecule has 0 N–H and O–H groups in total. The van der Waals surface area contributed by atoms with Crippen molar-refractivity contribution in [3.8, 4) is 0 Å². The summed E-state index contributed by atoms with van der Waals surface area (Å²) < 4.78 is 1.03. The van der Waals surface area contributed by atoms with Crippen LogP contribution in [0.4, 0.5) is 0 Å². The number of Topliss-reactive ketones (excluding diaryl/α,β-unsaturated/α-hetero) is 1. The molecule has 0 atom stereocenters. The summed E-state index contributed by atoms with van der Waals surface area (Å²) in [4.78, 5) is 11.8. The number of rotatable bonds is 5. The first-order valence-corrected chi connectivity index (χ1v) is 6.23. The van der Waals surface area contributed by atoms with Gasteiger partial charge >= 0.3 is 0 Å². The SMILES string of the molecule is CCCCCC(=O)c1ccc(Br)cc1C. The van der Waals surface area contributed by atoms with Crippen LogP contribution in [0, 0.1) is 6.92 Å². The Bertz CT molecular complexity index is 344. The topological polar surface area (TPSA) is 17.1 Å². The third kappa shape index (κ3) is 3.78. The largest absolute Gasteiger partial charge is 0.294 e. The molecule has 0 aliphatic heterocycles. The maximum Gasteiger partial charge on any atom is 0.163 e. The van der Waals surface area contributed by atoms with Gasteiger partial charge in [0.25, 0.3) is 0 Å². The molecule has 0 aliphatic rings. The van der Waals surface area contributed by atoms with Gasteiger partial charge in [0, 0.05) is 16.5 Å². The summed E-state index contributed by atoms with van der Waals surface area (Å²) in [6.45, 7) is 4.13. The summed E-state index contributed by atoms with van der Waals surface area (Å²) in [6, 6.07) is 5.83.